The lowest BCUT2D eigenvalue weighted by Gasteiger charge is -2.36. The molecular weight excluding hydrogens is 1770 g/mol. The second-order valence-electron chi connectivity index (χ2n) is 34.9. The number of aromatic nitrogens is 12. The average molecular weight is 1910 g/mol. The number of allylic oxidation sites excluding steroid dienone is 1. The van der Waals surface area contributed by atoms with Crippen molar-refractivity contribution in [2.75, 3.05) is 87.7 Å². The standard InChI is InChI=1S/C25H32N6O2.C22H36N6O.C20H24ClN5O2.C12H18N2O2.C8H7Cl2N3.C7H15NO.C3H3ClO/c1-3-19-17-27-31-22(26-16-18-8-7-9-20(14-18)28-24(33)4-2)15-23(29-25(19)31)30-12-6-5-10-21(30)11-13-32;1-2-17-15-25-28-20(24-14-16-6-5-7-18(23)12-16)13-21(26-22(17)28)27-10-4-3-8-19(27)9-11-29;1-5-14-12-23-26-17(10-16(21)25-18(14)26)22-11-13-7-6-8-15(9-13)24-19(27)28-20(2,3)4;1-12(2,3)16-11(15)14-10-6-4-5-9(7-10)8-13;1-2-5-4-11-13-7(10)3-6(9)12-8(5)13;9-6-4-7-3-1-2-5-8-7;1-2-3(4)5/h4,7-9,14-15,17,21,26,32H,2-3,5-6,10-13,16H2,1H3,(H,28,33);13,15-16,18-19,24,29H,2-12,14,23H2,1H3;6-10,12,22H,5,11H2,1-4H3,(H,24,27);4-7H,8,13H2,1-3H3,(H,14,15);3-4H,2H2,1H3;7-9H,1-6H2;2H,1H2/t21-;16?,18?,19-;;;;7-;/m00...0./s1. The zero-order valence-corrected chi connectivity index (χ0v) is 81.5. The summed E-state index contributed by atoms with van der Waals surface area (Å²) < 4.78 is 17.6. The van der Waals surface area contributed by atoms with E-state index < -0.39 is 28.6 Å². The van der Waals surface area contributed by atoms with Gasteiger partial charge in [0.25, 0.3) is 0 Å². The van der Waals surface area contributed by atoms with Gasteiger partial charge in [-0.25, -0.2) is 34.0 Å². The number of rotatable bonds is 27. The van der Waals surface area contributed by atoms with Crippen LogP contribution in [0.1, 0.15) is 211 Å². The van der Waals surface area contributed by atoms with Crippen molar-refractivity contribution in [3.05, 3.63) is 202 Å². The van der Waals surface area contributed by atoms with Crippen molar-refractivity contribution >= 4 is 138 Å². The van der Waals surface area contributed by atoms with Gasteiger partial charge in [0.1, 0.15) is 55.8 Å². The molecule has 32 nitrogen and oxygen atoms in total. The molecule has 133 heavy (non-hydrogen) atoms. The van der Waals surface area contributed by atoms with Crippen LogP contribution in [0.2, 0.25) is 15.5 Å². The predicted molar refractivity (Wildman–Crippen MR) is 535 cm³/mol. The normalized spacial score (nSPS) is 16.5. The Hall–Kier alpha value is -10.8. The van der Waals surface area contributed by atoms with Gasteiger partial charge in [-0.1, -0.05) is 125 Å². The highest BCUT2D eigenvalue weighted by atomic mass is 35.5. The SMILES string of the molecule is C=CC(=O)Cl.C=CC(=O)Nc1cccc(CNc2cc(N3CCCC[C@H]3CCO)nc3c(CC)cnn23)c1.CC(C)(C)OC(=O)Nc1cccc(CN)c1.CCc1cnn2c(Cl)cc(Cl)nc12.CCc1cnn2c(NCC3CCCC(N)C3)cc(N3CCCC[C@H]3CCO)nc12.CCc1cnn2c(NCc3cccc(NC(=O)OC(C)(C)C)c3)cc(Cl)nc12.OCC[C@@H]1CCCCN1. The van der Waals surface area contributed by atoms with Crippen LogP contribution in [-0.2, 0) is 64.4 Å². The number of aliphatic hydroxyl groups excluding tert-OH is 3. The molecule has 15 rings (SSSR count). The molecule has 3 aromatic carbocycles. The van der Waals surface area contributed by atoms with Crippen LogP contribution in [-0.4, -0.2) is 178 Å². The smallest absolute Gasteiger partial charge is 0.412 e. The fourth-order valence-electron chi connectivity index (χ4n) is 15.9. The number of halogens is 4. The number of hydrogen-bond donors (Lipinski definition) is 12. The first-order chi connectivity index (χ1) is 63.9. The van der Waals surface area contributed by atoms with Crippen LogP contribution in [0, 0.1) is 5.92 Å². The summed E-state index contributed by atoms with van der Waals surface area (Å²) in [7, 11) is 0. The van der Waals surface area contributed by atoms with Crippen LogP contribution in [0.4, 0.5) is 55.7 Å². The van der Waals surface area contributed by atoms with E-state index in [1.807, 2.05) is 137 Å². The van der Waals surface area contributed by atoms with E-state index in [1.54, 1.807) is 39.6 Å². The number of nitrogens with two attached hydrogens (primary N) is 2. The summed E-state index contributed by atoms with van der Waals surface area (Å²) in [6.45, 7) is 32.2. The first-order valence-corrected chi connectivity index (χ1v) is 47.7. The Morgan fingerprint density at radius 3 is 1.36 bits per heavy atom. The van der Waals surface area contributed by atoms with E-state index >= 15 is 0 Å². The molecule has 5 atom stereocenters. The van der Waals surface area contributed by atoms with Gasteiger partial charge in [-0.05, 0) is 246 Å². The number of anilines is 8. The average Bonchev–Trinajstić information content (AvgIpc) is 1.70. The molecule has 0 spiro atoms. The third kappa shape index (κ3) is 33.4. The minimum atomic E-state index is -0.545. The number of hydrogen-bond acceptors (Lipinski definition) is 25. The molecule has 3 aliphatic heterocycles. The van der Waals surface area contributed by atoms with Crippen molar-refractivity contribution in [1.82, 2.24) is 63.7 Å². The van der Waals surface area contributed by atoms with Crippen molar-refractivity contribution in [1.29, 1.82) is 0 Å². The number of fused-ring (bicyclic) bond motifs is 4. The van der Waals surface area contributed by atoms with Crippen LogP contribution < -0.4 is 58.5 Å². The van der Waals surface area contributed by atoms with E-state index in [0.29, 0.717) is 83.2 Å². The largest absolute Gasteiger partial charge is 0.444 e. The molecule has 720 valence electrons. The Balaban J connectivity index is 0.000000185. The van der Waals surface area contributed by atoms with Crippen LogP contribution in [0.15, 0.2) is 147 Å². The molecule has 0 bridgehead atoms. The molecule has 4 aliphatic rings. The summed E-state index contributed by atoms with van der Waals surface area (Å²) >= 11 is 22.6. The van der Waals surface area contributed by atoms with Crippen molar-refractivity contribution < 1.29 is 44.0 Å². The molecular formula is C97H135Cl4N23O9. The van der Waals surface area contributed by atoms with Crippen molar-refractivity contribution in [2.45, 2.75) is 253 Å². The Bertz CT molecular complexity index is 5550. The van der Waals surface area contributed by atoms with Gasteiger partial charge in [0.15, 0.2) is 22.6 Å². The van der Waals surface area contributed by atoms with Gasteiger partial charge in [0, 0.05) is 147 Å². The summed E-state index contributed by atoms with van der Waals surface area (Å²) in [6.07, 6.45) is 30.2. The summed E-state index contributed by atoms with van der Waals surface area (Å²) in [5, 5.41) is 68.2. The first kappa shape index (κ1) is 106. The third-order valence-electron chi connectivity index (χ3n) is 22.5. The summed E-state index contributed by atoms with van der Waals surface area (Å²) in [4.78, 5) is 67.7. The van der Waals surface area contributed by atoms with Crippen molar-refractivity contribution in [3.8, 4) is 0 Å². The molecule has 3 amide bonds. The lowest BCUT2D eigenvalue weighted by atomic mass is 9.86. The van der Waals surface area contributed by atoms with Gasteiger partial charge in [-0.3, -0.25) is 20.2 Å². The number of benzene rings is 3. The van der Waals surface area contributed by atoms with E-state index in [-0.39, 0.29) is 19.1 Å². The molecule has 0 radical (unpaired) electrons. The summed E-state index contributed by atoms with van der Waals surface area (Å²) in [5.74, 6) is 4.94. The number of piperidine rings is 3. The number of nitrogens with one attached hydrogen (secondary N) is 7. The number of aliphatic hydroxyl groups is 3. The fourth-order valence-corrected chi connectivity index (χ4v) is 16.5. The maximum absolute atomic E-state index is 12.0. The number of aryl methyl sites for hydroxylation is 4. The van der Waals surface area contributed by atoms with Crippen LogP contribution in [0.25, 0.3) is 22.6 Å². The van der Waals surface area contributed by atoms with E-state index in [9.17, 15) is 29.4 Å². The van der Waals surface area contributed by atoms with Crippen LogP contribution >= 0.6 is 46.4 Å². The summed E-state index contributed by atoms with van der Waals surface area (Å²) in [5.41, 5.74) is 23.4. The lowest BCUT2D eigenvalue weighted by molar-refractivity contribution is -0.112. The molecule has 1 aliphatic carbocycles. The molecule has 11 aromatic rings. The van der Waals surface area contributed by atoms with Gasteiger partial charge in [-0.15, -0.1) is 0 Å². The van der Waals surface area contributed by atoms with Crippen LogP contribution in [0.3, 0.4) is 0 Å². The highest BCUT2D eigenvalue weighted by Crippen LogP contribution is 2.34. The third-order valence-corrected chi connectivity index (χ3v) is 23.3. The molecule has 8 aromatic heterocycles. The Morgan fingerprint density at radius 1 is 0.511 bits per heavy atom. The van der Waals surface area contributed by atoms with E-state index in [1.165, 1.54) is 63.0 Å². The van der Waals surface area contributed by atoms with Gasteiger partial charge < -0.3 is 72.6 Å². The minimum Gasteiger partial charge on any atom is -0.444 e. The second-order valence-corrected chi connectivity index (χ2v) is 36.4. The number of carbonyl (C=O) groups is 4. The molecule has 2 unspecified atom stereocenters. The Kier molecular flexibility index (Phi) is 42.5. The highest BCUT2D eigenvalue weighted by Gasteiger charge is 2.29. The molecule has 3 saturated heterocycles. The quantitative estimate of drug-likeness (QED) is 0.0129. The molecule has 1 saturated carbocycles. The monoisotopic (exact) mass is 1910 g/mol. The molecule has 4 fully saturated rings. The van der Waals surface area contributed by atoms with E-state index in [2.05, 4.69) is 123 Å². The molecule has 36 heteroatoms. The molecule has 14 N–H and O–H groups in total. The predicted octanol–water partition coefficient (Wildman–Crippen LogP) is 18.2. The van der Waals surface area contributed by atoms with Gasteiger partial charge in [0.05, 0.1) is 24.8 Å². The number of amides is 3. The van der Waals surface area contributed by atoms with Gasteiger partial charge in [0.2, 0.25) is 11.1 Å². The highest BCUT2D eigenvalue weighted by molar-refractivity contribution is 6.66. The summed E-state index contributed by atoms with van der Waals surface area (Å²) in [6, 6.07) is 31.7. The van der Waals surface area contributed by atoms with E-state index in [0.717, 1.165) is 200 Å². The van der Waals surface area contributed by atoms with Crippen molar-refractivity contribution in [3.63, 3.8) is 0 Å². The van der Waals surface area contributed by atoms with E-state index in [4.69, 9.17) is 82.4 Å². The topological polar surface area (TPSA) is 411 Å². The number of nitrogens with zero attached hydrogens (tertiary/aromatic N) is 14. The zero-order chi connectivity index (χ0) is 96.2. The molecule has 11 heterocycles. The van der Waals surface area contributed by atoms with Gasteiger partial charge >= 0.3 is 12.2 Å². The van der Waals surface area contributed by atoms with Crippen LogP contribution in [0.5, 0.6) is 0 Å². The first-order valence-electron chi connectivity index (χ1n) is 46.2. The maximum Gasteiger partial charge on any atom is 0.412 e. The Morgan fingerprint density at radius 2 is 0.932 bits per heavy atom. The van der Waals surface area contributed by atoms with Gasteiger partial charge in [-0.2, -0.15) is 33.9 Å². The fraction of sp³-hybridized carbons (Fsp3) is 0.485. The Labute approximate surface area is 800 Å². The number of ether oxygens (including phenoxy) is 2. The minimum absolute atomic E-state index is 0.181. The zero-order valence-electron chi connectivity index (χ0n) is 78.4. The second kappa shape index (κ2) is 53.3. The maximum atomic E-state index is 12.0. The van der Waals surface area contributed by atoms with Crippen molar-refractivity contribution in [2.24, 2.45) is 17.4 Å². The number of carbonyl (C=O) groups excluding carboxylic acids is 4. The lowest BCUT2D eigenvalue weighted by Crippen LogP contribution is -2.40.